The molecule has 123 heavy (non-hydrogen) atoms. The number of carboxylic acids is 2. The number of hydrogen-bond donors (Lipinski definition) is 10. The van der Waals surface area contributed by atoms with Gasteiger partial charge in [-0.25, -0.2) is 62.2 Å². The second-order valence-corrected chi connectivity index (χ2v) is 35.1. The number of amides is 1. The predicted molar refractivity (Wildman–Crippen MR) is 456 cm³/mol. The van der Waals surface area contributed by atoms with E-state index in [1.807, 2.05) is 20.8 Å². The van der Waals surface area contributed by atoms with Gasteiger partial charge in [-0.1, -0.05) is 48.5 Å². The van der Waals surface area contributed by atoms with Crippen LogP contribution in [0, 0.1) is 74.2 Å². The van der Waals surface area contributed by atoms with Crippen LogP contribution >= 0.6 is 0 Å². The second-order valence-electron chi connectivity index (χ2n) is 30.8. The van der Waals surface area contributed by atoms with Crippen molar-refractivity contribution in [2.24, 2.45) is 25.7 Å². The van der Waals surface area contributed by atoms with E-state index in [0.717, 1.165) is 0 Å². The molecule has 1 saturated carbocycles. The molecule has 11 N–H and O–H groups in total. The number of aliphatic carboxylic acids is 2. The number of aliphatic imine (C=N–C) groups is 4. The van der Waals surface area contributed by atoms with E-state index in [2.05, 4.69) is 24.7 Å². The normalized spacial score (nSPS) is 16.9. The summed E-state index contributed by atoms with van der Waals surface area (Å²) in [5.41, 5.74) is 8.73. The van der Waals surface area contributed by atoms with Crippen molar-refractivity contribution in [3.63, 3.8) is 0 Å². The molecule has 12 atom stereocenters. The second kappa shape index (κ2) is 46.7. The van der Waals surface area contributed by atoms with E-state index in [-0.39, 0.29) is 76.6 Å². The molecule has 1 saturated heterocycles. The van der Waals surface area contributed by atoms with Gasteiger partial charge in [0.2, 0.25) is 5.91 Å². The summed E-state index contributed by atoms with van der Waals surface area (Å²) in [4.78, 5) is 85.2. The minimum absolute atomic E-state index is 0.00573. The SMILES string of the molecule is CC(=O)C(N=Cc1ccccc1O)C(CN=Cc1ccccc1O)c1c(F)cc(C)cc1F.CC(=O)C(N=Cc1ccccc1O)C(CN[S@](=O)C(C)(C)C)c1c(F)cc(C)cc1F.CN(C)C(=O)CN=Cc1ccccc1O.Cc1cc(F)c(C2CCC(=O)[C@H]2N)c(F)c1.Cc1cc(F)c([C@H]2CN2S(=O)C(C)(C)C)c(F)c1.O=C(O)[C@H](O)[C@@H](O)C(=O)O. The summed E-state index contributed by atoms with van der Waals surface area (Å²) in [5.74, 6) is -12.6. The fraction of sp³-hybridized carbons (Fsp3) is 0.348. The van der Waals surface area contributed by atoms with Gasteiger partial charge in [-0.15, -0.1) is 0 Å². The number of benzene rings is 8. The minimum Gasteiger partial charge on any atom is -0.507 e. The molecule has 0 aromatic heterocycles. The third-order valence-electron chi connectivity index (χ3n) is 18.5. The lowest BCUT2D eigenvalue weighted by molar-refractivity contribution is -0.165. The summed E-state index contributed by atoms with van der Waals surface area (Å²) in [6, 6.07) is 32.6. The first-order chi connectivity index (χ1) is 57.5. The van der Waals surface area contributed by atoms with Crippen LogP contribution in [0.1, 0.15) is 159 Å². The molecule has 1 aliphatic heterocycles. The van der Waals surface area contributed by atoms with E-state index in [0.29, 0.717) is 63.9 Å². The molecule has 8 aromatic rings. The van der Waals surface area contributed by atoms with E-state index < -0.39 is 156 Å². The maximum Gasteiger partial charge on any atom is 0.335 e. The van der Waals surface area contributed by atoms with Gasteiger partial charge in [0, 0.05) is 127 Å². The molecule has 7 unspecified atom stereocenters. The van der Waals surface area contributed by atoms with Crippen molar-refractivity contribution in [3.05, 3.63) is 259 Å². The summed E-state index contributed by atoms with van der Waals surface area (Å²) in [5, 5.41) is 71.8. The number of carbonyl (C=O) groups is 6. The highest BCUT2D eigenvalue weighted by Gasteiger charge is 2.47. The van der Waals surface area contributed by atoms with Crippen LogP contribution in [0.3, 0.4) is 0 Å². The lowest BCUT2D eigenvalue weighted by Gasteiger charge is -2.26. The fourth-order valence-electron chi connectivity index (χ4n) is 12.0. The Morgan fingerprint density at radius 1 is 0.528 bits per heavy atom. The lowest BCUT2D eigenvalue weighted by Crippen LogP contribution is -2.39. The number of halogens is 8. The third-order valence-corrected chi connectivity index (χ3v) is 21.9. The zero-order chi connectivity index (χ0) is 92.4. The number of likely N-dealkylation sites (N-methyl/N-ethyl adjacent to an activating group) is 1. The van der Waals surface area contributed by atoms with Gasteiger partial charge in [0.05, 0.1) is 32.6 Å². The van der Waals surface area contributed by atoms with Gasteiger partial charge in [0.1, 0.15) is 105 Å². The molecule has 8 aromatic carbocycles. The van der Waals surface area contributed by atoms with Crippen molar-refractivity contribution < 1.29 is 113 Å². The number of rotatable bonds is 25. The van der Waals surface area contributed by atoms with E-state index in [9.17, 15) is 92.7 Å². The predicted octanol–water partition coefficient (Wildman–Crippen LogP) is 13.1. The first kappa shape index (κ1) is 102. The number of aryl methyl sites for hydroxylation is 4. The van der Waals surface area contributed by atoms with E-state index >= 15 is 0 Å². The largest absolute Gasteiger partial charge is 0.507 e. The Morgan fingerprint density at radius 3 is 1.19 bits per heavy atom. The summed E-state index contributed by atoms with van der Waals surface area (Å²) < 4.78 is 142. The average molecular weight is 1760 g/mol. The molecule has 10 rings (SSSR count). The van der Waals surface area contributed by atoms with Gasteiger partial charge in [-0.3, -0.25) is 39.1 Å². The van der Waals surface area contributed by atoms with E-state index in [4.69, 9.17) is 26.2 Å². The van der Waals surface area contributed by atoms with Crippen LogP contribution in [-0.4, -0.2) is 199 Å². The van der Waals surface area contributed by atoms with Crippen molar-refractivity contribution in [1.82, 2.24) is 13.9 Å². The van der Waals surface area contributed by atoms with Gasteiger partial charge in [-0.2, -0.15) is 0 Å². The highest BCUT2D eigenvalue weighted by molar-refractivity contribution is 7.84. The minimum atomic E-state index is -2.27. The van der Waals surface area contributed by atoms with Crippen molar-refractivity contribution >= 4 is 82.0 Å². The molecule has 1 amide bonds. The van der Waals surface area contributed by atoms with Crippen LogP contribution in [0.5, 0.6) is 23.0 Å². The standard InChI is InChI=1S/C26H24F2N2O3.C23H28F2N2O3S.C13H17F2NOS.C12H13F2NO.C11H14N2O2.C4H6O6/c1-16-11-21(27)25(22(28)12-16)20(15-29-13-18-7-3-5-9-23(18)32)26(17(2)31)30-14-19-8-4-6-10-24(19)33;1-14-10-18(24)21(19(25)11-14)17(13-27-31(30)23(3,4)5)22(15(2)28)26-12-16-8-6-7-9-20(16)29;1-8-5-9(14)12(10(15)6-8)11-7-16(11)18(17)13(2,3)4;1-6-4-8(13)11(9(14)5-6)7-2-3-10(16)12(7)15;1-13(2)11(15)8-12-7-9-5-3-4-6-10(9)14;5-1(3(7)8)2(6)4(9)10/h3-14,20,26,32-33H,15H2,1-2H3;6-12,17,22,27,29H,13H2,1-5H3;5-6,11H,7H2,1-4H3;4-5,7,12H,2-3,15H2,1H3;3-7,14H,8H2,1-2H3;1-2,5-6H,(H,7,8)(H,9,10)/t;17?,22?,31-;11-,16?,18?;7?,12-;;1-,2-/m.110.1/s1. The molecule has 662 valence electrons. The number of hydrogen-bond acceptors (Lipinski definition) is 19. The van der Waals surface area contributed by atoms with Crippen molar-refractivity contribution in [3.8, 4) is 23.0 Å². The van der Waals surface area contributed by atoms with Crippen molar-refractivity contribution in [2.75, 3.05) is 40.3 Å². The van der Waals surface area contributed by atoms with Crippen LogP contribution in [0.2, 0.25) is 0 Å². The Labute approximate surface area is 712 Å². The number of nitrogens with one attached hydrogen (secondary N) is 1. The number of para-hydroxylation sites is 4. The number of aliphatic hydroxyl groups excluding tert-OH is 2. The van der Waals surface area contributed by atoms with Gasteiger partial charge >= 0.3 is 11.9 Å². The molecular formula is C89H102F8N8O16S2. The van der Waals surface area contributed by atoms with Crippen LogP contribution in [0.4, 0.5) is 35.1 Å². The number of nitrogens with zero attached hydrogens (tertiary/aromatic N) is 6. The Balaban J connectivity index is 0.000000274. The first-order valence-electron chi connectivity index (χ1n) is 38.1. The summed E-state index contributed by atoms with van der Waals surface area (Å²) >= 11 is 0. The Hall–Kier alpha value is -11.4. The van der Waals surface area contributed by atoms with Gasteiger partial charge < -0.3 is 51.5 Å². The van der Waals surface area contributed by atoms with Gasteiger partial charge in [-0.05, 0) is 209 Å². The topological polar surface area (TPSA) is 392 Å². The van der Waals surface area contributed by atoms with Crippen LogP contribution in [-0.2, 0) is 50.7 Å². The molecule has 2 aliphatic rings. The first-order valence-corrected chi connectivity index (χ1v) is 40.4. The Morgan fingerprint density at radius 2 is 0.862 bits per heavy atom. The molecule has 24 nitrogen and oxygen atoms in total. The number of phenols is 4. The highest BCUT2D eigenvalue weighted by Crippen LogP contribution is 2.42. The number of carbonyl (C=O) groups excluding carboxylic acids is 4. The zero-order valence-electron chi connectivity index (χ0n) is 70.0. The molecule has 2 fully saturated rings. The zero-order valence-corrected chi connectivity index (χ0v) is 71.7. The average Bonchev–Trinajstić information content (AvgIpc) is 1.61. The fourth-order valence-corrected chi connectivity index (χ4v) is 14.1. The summed E-state index contributed by atoms with van der Waals surface area (Å²) in [6.07, 6.45) is 1.70. The van der Waals surface area contributed by atoms with Crippen molar-refractivity contribution in [2.45, 2.75) is 160 Å². The number of aliphatic hydroxyl groups is 2. The monoisotopic (exact) mass is 1750 g/mol. The summed E-state index contributed by atoms with van der Waals surface area (Å²) in [7, 11) is 0.606. The van der Waals surface area contributed by atoms with E-state index in [1.54, 1.807) is 146 Å². The third kappa shape index (κ3) is 30.6. The van der Waals surface area contributed by atoms with Crippen LogP contribution in [0.15, 0.2) is 166 Å². The quantitative estimate of drug-likeness (QED) is 0.0144. The molecule has 1 aliphatic carbocycles. The molecule has 0 radical (unpaired) electrons. The number of phenolic OH excluding ortho intramolecular Hbond substituents is 4. The number of carboxylic acid groups (broad SMARTS) is 2. The Kier molecular flexibility index (Phi) is 38.8. The van der Waals surface area contributed by atoms with Crippen LogP contribution < -0.4 is 10.5 Å². The van der Waals surface area contributed by atoms with Gasteiger partial charge in [0.15, 0.2) is 23.8 Å². The molecular weight excluding hydrogens is 1650 g/mol. The van der Waals surface area contributed by atoms with Crippen molar-refractivity contribution in [1.29, 1.82) is 0 Å². The number of ketones is 3. The van der Waals surface area contributed by atoms with E-state index in [1.165, 1.54) is 110 Å². The van der Waals surface area contributed by atoms with Gasteiger partial charge in [0.25, 0.3) is 0 Å². The molecule has 0 bridgehead atoms. The summed E-state index contributed by atoms with van der Waals surface area (Å²) in [6.45, 7) is 20.0. The lowest BCUT2D eigenvalue weighted by atomic mass is 9.88. The Bertz CT molecular complexity index is 5130. The number of Topliss-reactive ketones (excluding diaryl/α,β-unsaturated/α-hetero) is 3. The molecule has 0 spiro atoms. The van der Waals surface area contributed by atoms with Crippen LogP contribution in [0.25, 0.3) is 0 Å². The maximum absolute atomic E-state index is 14.9. The number of nitrogens with two attached hydrogens (primary N) is 1. The highest BCUT2D eigenvalue weighted by atomic mass is 32.2. The molecule has 34 heteroatoms. The maximum atomic E-state index is 14.9. The smallest absolute Gasteiger partial charge is 0.335 e. The molecule has 1 heterocycles. The number of aromatic hydroxyl groups is 4.